The van der Waals surface area contributed by atoms with Crippen LogP contribution in [0.5, 0.6) is 5.75 Å². The van der Waals surface area contributed by atoms with E-state index in [1.54, 1.807) is 0 Å². The normalized spacial score (nSPS) is 10.8. The number of carbonyl (C=O) groups is 1. The Bertz CT molecular complexity index is 1040. The molecule has 0 bridgehead atoms. The van der Waals surface area contributed by atoms with Gasteiger partial charge in [0.2, 0.25) is 0 Å². The molecule has 2 N–H and O–H groups in total. The zero-order valence-electron chi connectivity index (χ0n) is 15.9. The fourth-order valence-electron chi connectivity index (χ4n) is 2.59. The summed E-state index contributed by atoms with van der Waals surface area (Å²) < 4.78 is 5.69. The molecule has 0 aliphatic heterocycles. The summed E-state index contributed by atoms with van der Waals surface area (Å²) in [4.78, 5) is 16.3. The van der Waals surface area contributed by atoms with Crippen LogP contribution in [0.2, 0.25) is 0 Å². The van der Waals surface area contributed by atoms with Crippen LogP contribution < -0.4 is 15.6 Å². The van der Waals surface area contributed by atoms with Gasteiger partial charge in [-0.15, -0.1) is 11.3 Å². The summed E-state index contributed by atoms with van der Waals surface area (Å²) in [6.45, 7) is 1.71. The summed E-state index contributed by atoms with van der Waals surface area (Å²) in [6, 6.07) is 19.8. The lowest BCUT2D eigenvalue weighted by Crippen LogP contribution is -2.37. The monoisotopic (exact) mass is 404 g/mol. The van der Waals surface area contributed by atoms with Crippen molar-refractivity contribution in [2.75, 3.05) is 6.61 Å². The molecule has 0 unspecified atom stereocenters. The van der Waals surface area contributed by atoms with Crippen molar-refractivity contribution in [1.29, 1.82) is 5.26 Å². The number of nitrogens with one attached hydrogen (secondary N) is 2. The zero-order chi connectivity index (χ0) is 20.5. The van der Waals surface area contributed by atoms with Gasteiger partial charge in [0.25, 0.3) is 5.91 Å². The molecule has 0 aliphatic carbocycles. The molecule has 2 aromatic carbocycles. The lowest BCUT2D eigenvalue weighted by atomic mass is 10.0. The first kappa shape index (κ1) is 20.1. The number of hydrazine groups is 1. The lowest BCUT2D eigenvalue weighted by molar-refractivity contribution is -0.123. The van der Waals surface area contributed by atoms with E-state index in [1.807, 2.05) is 54.8 Å². The number of nitriles is 1. The first-order valence-electron chi connectivity index (χ1n) is 8.97. The average Bonchev–Trinajstić information content (AvgIpc) is 3.17. The van der Waals surface area contributed by atoms with Crippen LogP contribution in [0.4, 0.5) is 0 Å². The highest BCUT2D eigenvalue weighted by Gasteiger charge is 2.08. The second kappa shape index (κ2) is 10.1. The van der Waals surface area contributed by atoms with Crippen LogP contribution in [0.25, 0.3) is 5.57 Å². The maximum atomic E-state index is 12.1. The Hall–Kier alpha value is -3.63. The first-order valence-corrected chi connectivity index (χ1v) is 9.85. The fraction of sp³-hybridized carbons (Fsp3) is 0.136. The van der Waals surface area contributed by atoms with Gasteiger partial charge in [0.05, 0.1) is 0 Å². The van der Waals surface area contributed by atoms with Gasteiger partial charge in [0.15, 0.2) is 6.61 Å². The van der Waals surface area contributed by atoms with Crippen molar-refractivity contribution in [2.24, 2.45) is 0 Å². The molecular weight excluding hydrogens is 384 g/mol. The summed E-state index contributed by atoms with van der Waals surface area (Å²) in [6.07, 6.45) is 2.14. The molecule has 1 heterocycles. The Morgan fingerprint density at radius 3 is 2.69 bits per heavy atom. The maximum Gasteiger partial charge on any atom is 0.276 e. The molecule has 3 aromatic rings. The standard InChI is InChI=1S/C22H20N4O2S/c1-16-15-29-22(25-16)19(12-23)13-24-26-21(27)14-28-20-10-6-5-9-18(20)11-17-7-3-2-4-8-17/h2-10,13,15,24H,11,14H2,1H3,(H,26,27)/b19-13+. The average molecular weight is 404 g/mol. The van der Waals surface area contributed by atoms with E-state index in [0.717, 1.165) is 17.7 Å². The first-order chi connectivity index (χ1) is 14.2. The number of para-hydroxylation sites is 1. The van der Waals surface area contributed by atoms with Crippen LogP contribution in [0.15, 0.2) is 66.2 Å². The van der Waals surface area contributed by atoms with Gasteiger partial charge in [-0.25, -0.2) is 4.98 Å². The number of aromatic nitrogens is 1. The van der Waals surface area contributed by atoms with Gasteiger partial charge in [-0.2, -0.15) is 5.26 Å². The smallest absolute Gasteiger partial charge is 0.276 e. The highest BCUT2D eigenvalue weighted by Crippen LogP contribution is 2.21. The number of ether oxygens (including phenoxy) is 1. The molecule has 3 rings (SSSR count). The molecule has 6 nitrogen and oxygen atoms in total. The van der Waals surface area contributed by atoms with E-state index in [0.29, 0.717) is 16.3 Å². The van der Waals surface area contributed by atoms with Crippen molar-refractivity contribution in [1.82, 2.24) is 15.8 Å². The minimum absolute atomic E-state index is 0.148. The number of thiazole rings is 1. The predicted octanol–water partition coefficient (Wildman–Crippen LogP) is 3.61. The second-order valence-electron chi connectivity index (χ2n) is 6.22. The highest BCUT2D eigenvalue weighted by molar-refractivity contribution is 7.10. The van der Waals surface area contributed by atoms with Crippen molar-refractivity contribution in [3.8, 4) is 11.8 Å². The topological polar surface area (TPSA) is 87.0 Å². The van der Waals surface area contributed by atoms with Crippen molar-refractivity contribution in [2.45, 2.75) is 13.3 Å². The van der Waals surface area contributed by atoms with Crippen LogP contribution in [0, 0.1) is 18.3 Å². The molecule has 1 aromatic heterocycles. The maximum absolute atomic E-state index is 12.1. The Morgan fingerprint density at radius 2 is 1.97 bits per heavy atom. The van der Waals surface area contributed by atoms with E-state index >= 15 is 0 Å². The molecule has 0 saturated carbocycles. The lowest BCUT2D eigenvalue weighted by Gasteiger charge is -2.12. The van der Waals surface area contributed by atoms with Gasteiger partial charge in [-0.3, -0.25) is 10.2 Å². The third kappa shape index (κ3) is 5.92. The quantitative estimate of drug-likeness (QED) is 0.442. The van der Waals surface area contributed by atoms with E-state index in [4.69, 9.17) is 4.74 Å². The summed E-state index contributed by atoms with van der Waals surface area (Å²) in [5.74, 6) is 0.307. The molecule has 0 aliphatic rings. The van der Waals surface area contributed by atoms with E-state index in [2.05, 4.69) is 34.0 Å². The number of carbonyl (C=O) groups excluding carboxylic acids is 1. The van der Waals surface area contributed by atoms with Gasteiger partial charge in [0.1, 0.15) is 22.4 Å². The molecule has 0 spiro atoms. The molecule has 29 heavy (non-hydrogen) atoms. The molecule has 0 radical (unpaired) electrons. The second-order valence-corrected chi connectivity index (χ2v) is 7.07. The summed E-state index contributed by atoms with van der Waals surface area (Å²) in [5, 5.41) is 11.7. The molecule has 0 fully saturated rings. The van der Waals surface area contributed by atoms with Gasteiger partial charge >= 0.3 is 0 Å². The SMILES string of the molecule is Cc1csc(/C(C#N)=C/NNC(=O)COc2ccccc2Cc2ccccc2)n1. The number of amides is 1. The van der Waals surface area contributed by atoms with Crippen LogP contribution in [0.1, 0.15) is 21.8 Å². The van der Waals surface area contributed by atoms with Crippen molar-refractivity contribution < 1.29 is 9.53 Å². The number of nitrogens with zero attached hydrogens (tertiary/aromatic N) is 2. The number of hydrogen-bond acceptors (Lipinski definition) is 6. The molecule has 0 saturated heterocycles. The van der Waals surface area contributed by atoms with Crippen LogP contribution in [0.3, 0.4) is 0 Å². The molecular formula is C22H20N4O2S. The van der Waals surface area contributed by atoms with E-state index in [9.17, 15) is 10.1 Å². The van der Waals surface area contributed by atoms with Gasteiger partial charge in [0, 0.05) is 23.7 Å². The van der Waals surface area contributed by atoms with E-state index in [-0.39, 0.29) is 12.5 Å². The van der Waals surface area contributed by atoms with E-state index < -0.39 is 0 Å². The summed E-state index contributed by atoms with van der Waals surface area (Å²) in [7, 11) is 0. The van der Waals surface area contributed by atoms with E-state index in [1.165, 1.54) is 23.1 Å². The third-order valence-electron chi connectivity index (χ3n) is 3.97. The third-order valence-corrected chi connectivity index (χ3v) is 4.96. The Labute approximate surface area is 173 Å². The fourth-order valence-corrected chi connectivity index (χ4v) is 3.36. The van der Waals surface area contributed by atoms with Crippen LogP contribution >= 0.6 is 11.3 Å². The Morgan fingerprint density at radius 1 is 1.21 bits per heavy atom. The predicted molar refractivity (Wildman–Crippen MR) is 113 cm³/mol. The molecule has 0 atom stereocenters. The summed E-state index contributed by atoms with van der Waals surface area (Å²) >= 11 is 1.37. The minimum Gasteiger partial charge on any atom is -0.483 e. The van der Waals surface area contributed by atoms with Crippen LogP contribution in [-0.2, 0) is 11.2 Å². The highest BCUT2D eigenvalue weighted by atomic mass is 32.1. The van der Waals surface area contributed by atoms with Crippen molar-refractivity contribution in [3.63, 3.8) is 0 Å². The Kier molecular flexibility index (Phi) is 6.98. The zero-order valence-corrected chi connectivity index (χ0v) is 16.7. The number of aryl methyl sites for hydroxylation is 1. The van der Waals surface area contributed by atoms with Gasteiger partial charge in [-0.1, -0.05) is 48.5 Å². The van der Waals surface area contributed by atoms with Crippen LogP contribution in [-0.4, -0.2) is 17.5 Å². The number of hydrogen-bond donors (Lipinski definition) is 2. The number of benzene rings is 2. The molecule has 7 heteroatoms. The number of allylic oxidation sites excluding steroid dienone is 1. The molecule has 1 amide bonds. The Balaban J connectivity index is 1.53. The minimum atomic E-state index is -0.358. The molecule has 146 valence electrons. The number of rotatable bonds is 8. The summed E-state index contributed by atoms with van der Waals surface area (Å²) in [5.41, 5.74) is 8.50. The van der Waals surface area contributed by atoms with Crippen molar-refractivity contribution >= 4 is 22.8 Å². The van der Waals surface area contributed by atoms with Gasteiger partial charge < -0.3 is 10.2 Å². The largest absolute Gasteiger partial charge is 0.483 e. The van der Waals surface area contributed by atoms with Gasteiger partial charge in [-0.05, 0) is 24.1 Å². The van der Waals surface area contributed by atoms with Crippen molar-refractivity contribution in [3.05, 3.63) is 88.0 Å².